The third-order valence-corrected chi connectivity index (χ3v) is 5.11. The molecule has 1 heterocycles. The number of ether oxygens (including phenoxy) is 1. The van der Waals surface area contributed by atoms with Gasteiger partial charge in [0.15, 0.2) is 0 Å². The van der Waals surface area contributed by atoms with Crippen LogP contribution in [0.1, 0.15) is 0 Å². The van der Waals surface area contributed by atoms with E-state index < -0.39 is 0 Å². The number of allylic oxidation sites excluding steroid dienone is 1. The molecule has 0 aliphatic heterocycles. The molecule has 1 aromatic heterocycles. The zero-order chi connectivity index (χ0) is 17.2. The molecule has 4 heteroatoms. The highest BCUT2D eigenvalue weighted by atomic mass is 79.9. The lowest BCUT2D eigenvalue weighted by Gasteiger charge is -2.04. The molecule has 0 spiro atoms. The second kappa shape index (κ2) is 7.06. The molecule has 3 aromatic carbocycles. The van der Waals surface area contributed by atoms with E-state index >= 15 is 0 Å². The van der Waals surface area contributed by atoms with Crippen molar-refractivity contribution in [2.45, 2.75) is 6.54 Å². The summed E-state index contributed by atoms with van der Waals surface area (Å²) in [6.07, 6.45) is 3.79. The van der Waals surface area contributed by atoms with Gasteiger partial charge in [0.25, 0.3) is 0 Å². The van der Waals surface area contributed by atoms with Crippen LogP contribution in [0.3, 0.4) is 0 Å². The first-order valence-corrected chi connectivity index (χ1v) is 9.55. The number of hydrogen-bond acceptors (Lipinski definition) is 1. The van der Waals surface area contributed by atoms with Gasteiger partial charge >= 0.3 is 0 Å². The van der Waals surface area contributed by atoms with E-state index in [1.165, 1.54) is 21.8 Å². The highest BCUT2D eigenvalue weighted by molar-refractivity contribution is 9.10. The van der Waals surface area contributed by atoms with Gasteiger partial charge < -0.3 is 9.30 Å². The molecule has 4 rings (SSSR count). The minimum Gasteiger partial charge on any atom is -0.465 e. The third-order valence-electron chi connectivity index (χ3n) is 4.12. The van der Waals surface area contributed by atoms with Crippen molar-refractivity contribution < 1.29 is 4.74 Å². The smallest absolute Gasteiger partial charge is 0.126 e. The second-order valence-corrected chi connectivity index (χ2v) is 7.57. The summed E-state index contributed by atoms with van der Waals surface area (Å²) in [6, 6.07) is 22.6. The molecule has 124 valence electrons. The van der Waals surface area contributed by atoms with Crippen molar-refractivity contribution in [3.8, 4) is 5.75 Å². The van der Waals surface area contributed by atoms with Crippen LogP contribution in [0.4, 0.5) is 0 Å². The van der Waals surface area contributed by atoms with Crippen LogP contribution in [0.2, 0.25) is 0 Å². The zero-order valence-electron chi connectivity index (χ0n) is 13.3. The molecule has 0 amide bonds. The van der Waals surface area contributed by atoms with E-state index in [1.807, 2.05) is 36.4 Å². The molecule has 2 nitrogen and oxygen atoms in total. The molecule has 4 aromatic rings. The SMILES string of the molecule is Brc1ccc2c(c1)c1cc(Br)ccc1n2C/C=C/Oc1ccccc1. The molecule has 0 bridgehead atoms. The zero-order valence-corrected chi connectivity index (χ0v) is 16.5. The normalized spacial score (nSPS) is 11.6. The Bertz CT molecular complexity index is 1010. The summed E-state index contributed by atoms with van der Waals surface area (Å²) in [5, 5.41) is 2.48. The van der Waals surface area contributed by atoms with Gasteiger partial charge in [0.2, 0.25) is 0 Å². The van der Waals surface area contributed by atoms with Gasteiger partial charge in [-0.25, -0.2) is 0 Å². The lowest BCUT2D eigenvalue weighted by molar-refractivity contribution is 0.478. The average Bonchev–Trinajstić information content (AvgIpc) is 2.92. The standard InChI is InChI=1S/C21H15Br2NO/c22-15-7-9-20-18(13-15)19-14-16(23)8-10-21(19)24(20)11-4-12-25-17-5-2-1-3-6-17/h1-10,12-14H,11H2/b12-4+. The van der Waals surface area contributed by atoms with E-state index in [1.54, 1.807) is 6.26 Å². The van der Waals surface area contributed by atoms with E-state index in [0.29, 0.717) is 0 Å². The topological polar surface area (TPSA) is 14.2 Å². The summed E-state index contributed by atoms with van der Waals surface area (Å²) in [5.74, 6) is 0.842. The predicted octanol–water partition coefficient (Wildman–Crippen LogP) is 6.91. The van der Waals surface area contributed by atoms with Crippen LogP contribution in [0, 0.1) is 0 Å². The van der Waals surface area contributed by atoms with Gasteiger partial charge in [-0.3, -0.25) is 0 Å². The van der Waals surface area contributed by atoms with Crippen LogP contribution in [-0.4, -0.2) is 4.57 Å². The lowest BCUT2D eigenvalue weighted by Crippen LogP contribution is -1.95. The Kier molecular flexibility index (Phi) is 4.64. The predicted molar refractivity (Wildman–Crippen MR) is 111 cm³/mol. The van der Waals surface area contributed by atoms with E-state index in [4.69, 9.17) is 4.74 Å². The van der Waals surface area contributed by atoms with Gasteiger partial charge in [-0.2, -0.15) is 0 Å². The Balaban J connectivity index is 1.70. The molecule has 0 radical (unpaired) electrons. The number of para-hydroxylation sites is 1. The van der Waals surface area contributed by atoms with Gasteiger partial charge in [-0.15, -0.1) is 0 Å². The van der Waals surface area contributed by atoms with Crippen LogP contribution in [0.5, 0.6) is 5.75 Å². The fourth-order valence-electron chi connectivity index (χ4n) is 3.02. The van der Waals surface area contributed by atoms with Gasteiger partial charge in [-0.1, -0.05) is 50.1 Å². The summed E-state index contributed by atoms with van der Waals surface area (Å²) in [5.41, 5.74) is 2.42. The summed E-state index contributed by atoms with van der Waals surface area (Å²) >= 11 is 7.16. The summed E-state index contributed by atoms with van der Waals surface area (Å²) in [4.78, 5) is 0. The van der Waals surface area contributed by atoms with E-state index in [2.05, 4.69) is 72.8 Å². The first-order valence-electron chi connectivity index (χ1n) is 7.96. The maximum absolute atomic E-state index is 5.66. The van der Waals surface area contributed by atoms with Crippen molar-refractivity contribution in [3.05, 3.63) is 88.0 Å². The highest BCUT2D eigenvalue weighted by Crippen LogP contribution is 2.33. The summed E-state index contributed by atoms with van der Waals surface area (Å²) < 4.78 is 10.1. The molecule has 0 unspecified atom stereocenters. The van der Waals surface area contributed by atoms with E-state index in [9.17, 15) is 0 Å². The second-order valence-electron chi connectivity index (χ2n) is 5.74. The Labute approximate surface area is 163 Å². The molecule has 0 fully saturated rings. The number of halogens is 2. The lowest BCUT2D eigenvalue weighted by atomic mass is 10.2. The Hall–Kier alpha value is -2.04. The van der Waals surface area contributed by atoms with Crippen molar-refractivity contribution in [3.63, 3.8) is 0 Å². The number of rotatable bonds is 4. The van der Waals surface area contributed by atoms with Crippen LogP contribution in [0.25, 0.3) is 21.8 Å². The fourth-order valence-corrected chi connectivity index (χ4v) is 3.74. The molecule has 0 aliphatic carbocycles. The first-order chi connectivity index (χ1) is 12.2. The van der Waals surface area contributed by atoms with Crippen molar-refractivity contribution in [2.75, 3.05) is 0 Å². The monoisotopic (exact) mass is 455 g/mol. The van der Waals surface area contributed by atoms with Crippen molar-refractivity contribution in [2.24, 2.45) is 0 Å². The minimum absolute atomic E-state index is 0.746. The Morgan fingerprint density at radius 3 is 2.00 bits per heavy atom. The van der Waals surface area contributed by atoms with E-state index in [-0.39, 0.29) is 0 Å². The van der Waals surface area contributed by atoms with Crippen LogP contribution < -0.4 is 4.74 Å². The number of benzene rings is 3. The maximum Gasteiger partial charge on any atom is 0.126 e. The maximum atomic E-state index is 5.66. The van der Waals surface area contributed by atoms with Crippen molar-refractivity contribution in [1.82, 2.24) is 4.57 Å². The molecule has 0 atom stereocenters. The van der Waals surface area contributed by atoms with E-state index in [0.717, 1.165) is 21.2 Å². The molecule has 0 saturated heterocycles. The van der Waals surface area contributed by atoms with Gasteiger partial charge in [-0.05, 0) is 54.6 Å². The molecule has 0 aliphatic rings. The van der Waals surface area contributed by atoms with Crippen molar-refractivity contribution >= 4 is 53.7 Å². The number of hydrogen-bond donors (Lipinski definition) is 0. The minimum atomic E-state index is 0.746. The van der Waals surface area contributed by atoms with Crippen molar-refractivity contribution in [1.29, 1.82) is 0 Å². The van der Waals surface area contributed by atoms with Gasteiger partial charge in [0, 0.05) is 37.3 Å². The van der Waals surface area contributed by atoms with Gasteiger partial charge in [0.05, 0.1) is 6.26 Å². The Morgan fingerprint density at radius 1 is 0.800 bits per heavy atom. The molecule has 25 heavy (non-hydrogen) atoms. The molecular formula is C21H15Br2NO. The number of fused-ring (bicyclic) bond motifs is 3. The average molecular weight is 457 g/mol. The summed E-state index contributed by atoms with van der Waals surface area (Å²) in [7, 11) is 0. The number of aromatic nitrogens is 1. The first kappa shape index (κ1) is 16.4. The molecule has 0 N–H and O–H groups in total. The molecular weight excluding hydrogens is 442 g/mol. The quantitative estimate of drug-likeness (QED) is 0.304. The summed E-state index contributed by atoms with van der Waals surface area (Å²) in [6.45, 7) is 0.746. The highest BCUT2D eigenvalue weighted by Gasteiger charge is 2.10. The van der Waals surface area contributed by atoms with Crippen LogP contribution >= 0.6 is 31.9 Å². The fraction of sp³-hybridized carbons (Fsp3) is 0.0476. The third kappa shape index (κ3) is 3.37. The van der Waals surface area contributed by atoms with Gasteiger partial charge in [0.1, 0.15) is 5.75 Å². The largest absolute Gasteiger partial charge is 0.465 e. The number of nitrogens with zero attached hydrogens (tertiary/aromatic N) is 1. The van der Waals surface area contributed by atoms with Crippen LogP contribution in [-0.2, 0) is 6.54 Å². The molecule has 0 saturated carbocycles. The van der Waals surface area contributed by atoms with Crippen LogP contribution in [0.15, 0.2) is 88.0 Å². The Morgan fingerprint density at radius 2 is 1.40 bits per heavy atom.